The number of nitrogens with zero attached hydrogens (tertiary/aromatic N) is 1. The normalized spacial score (nSPS) is 9.72. The van der Waals surface area contributed by atoms with E-state index in [0.29, 0.717) is 23.5 Å². The molecule has 0 saturated heterocycles. The van der Waals surface area contributed by atoms with Crippen LogP contribution >= 0.6 is 0 Å². The summed E-state index contributed by atoms with van der Waals surface area (Å²) >= 11 is 0. The molecule has 0 bridgehead atoms. The van der Waals surface area contributed by atoms with Crippen molar-refractivity contribution in [3.63, 3.8) is 0 Å². The van der Waals surface area contributed by atoms with Crippen molar-refractivity contribution < 1.29 is 14.3 Å². The lowest BCUT2D eigenvalue weighted by Gasteiger charge is -2.08. The number of pyridine rings is 1. The fourth-order valence-electron chi connectivity index (χ4n) is 1.32. The number of hydrogen-bond acceptors (Lipinski definition) is 4. The lowest BCUT2D eigenvalue weighted by atomic mass is 10.1. The van der Waals surface area contributed by atoms with Crippen LogP contribution in [0, 0.1) is 6.92 Å². The average molecular weight is 251 g/mol. The molecule has 1 aromatic rings. The van der Waals surface area contributed by atoms with Crippen LogP contribution in [0.15, 0.2) is 12.3 Å². The molecule has 0 aliphatic heterocycles. The Bertz CT molecular complexity index is 446. The third kappa shape index (κ3) is 3.73. The number of carbonyl (C=O) groups excluding carboxylic acids is 2. The molecule has 0 spiro atoms. The molecule has 0 aromatic carbocycles. The standard InChI is InChI=1S/C12H17N3O3/c1-4-5-13-12(17)15-10-6-9(11(16)18-3)8(2)7-14-10/h6-7H,4-5H2,1-3H3,(H2,13,14,15,17). The quantitative estimate of drug-likeness (QED) is 0.798. The summed E-state index contributed by atoms with van der Waals surface area (Å²) < 4.78 is 4.65. The van der Waals surface area contributed by atoms with Gasteiger partial charge >= 0.3 is 12.0 Å². The average Bonchev–Trinajstić information content (AvgIpc) is 2.37. The van der Waals surface area contributed by atoms with E-state index < -0.39 is 5.97 Å². The topological polar surface area (TPSA) is 80.3 Å². The van der Waals surface area contributed by atoms with Crippen LogP contribution in [0.5, 0.6) is 0 Å². The minimum absolute atomic E-state index is 0.314. The molecule has 0 saturated carbocycles. The smallest absolute Gasteiger partial charge is 0.338 e. The van der Waals surface area contributed by atoms with Gasteiger partial charge in [-0.2, -0.15) is 0 Å². The van der Waals surface area contributed by atoms with E-state index in [4.69, 9.17) is 0 Å². The van der Waals surface area contributed by atoms with Gasteiger partial charge in [0.2, 0.25) is 0 Å². The molecule has 18 heavy (non-hydrogen) atoms. The summed E-state index contributed by atoms with van der Waals surface area (Å²) in [6.45, 7) is 4.29. The van der Waals surface area contributed by atoms with Crippen LogP contribution in [0.1, 0.15) is 29.3 Å². The van der Waals surface area contributed by atoms with Crippen LogP contribution in [0.3, 0.4) is 0 Å². The van der Waals surface area contributed by atoms with Crippen LogP contribution < -0.4 is 10.6 Å². The Balaban J connectivity index is 2.79. The number of urea groups is 1. The van der Waals surface area contributed by atoms with Crippen molar-refractivity contribution in [2.24, 2.45) is 0 Å². The van der Waals surface area contributed by atoms with Crippen molar-refractivity contribution in [2.45, 2.75) is 20.3 Å². The number of esters is 1. The zero-order valence-corrected chi connectivity index (χ0v) is 10.7. The van der Waals surface area contributed by atoms with Crippen molar-refractivity contribution in [3.05, 3.63) is 23.4 Å². The number of nitrogens with one attached hydrogen (secondary N) is 2. The lowest BCUT2D eigenvalue weighted by Crippen LogP contribution is -2.29. The fourth-order valence-corrected chi connectivity index (χ4v) is 1.32. The molecular weight excluding hydrogens is 234 g/mol. The van der Waals surface area contributed by atoms with Crippen LogP contribution in [-0.2, 0) is 4.74 Å². The van der Waals surface area contributed by atoms with E-state index >= 15 is 0 Å². The number of ether oxygens (including phenoxy) is 1. The lowest BCUT2D eigenvalue weighted by molar-refractivity contribution is 0.0600. The first-order chi connectivity index (χ1) is 8.58. The van der Waals surface area contributed by atoms with Gasteiger partial charge in [-0.3, -0.25) is 5.32 Å². The third-order valence-corrected chi connectivity index (χ3v) is 2.29. The SMILES string of the molecule is CCCNC(=O)Nc1cc(C(=O)OC)c(C)cn1. The maximum atomic E-state index is 11.5. The van der Waals surface area contributed by atoms with E-state index in [1.54, 1.807) is 6.92 Å². The molecule has 2 N–H and O–H groups in total. The summed E-state index contributed by atoms with van der Waals surface area (Å²) in [5.74, 6) is -0.137. The first-order valence-electron chi connectivity index (χ1n) is 5.68. The molecule has 1 rings (SSSR count). The van der Waals surface area contributed by atoms with Gasteiger partial charge in [-0.1, -0.05) is 6.92 Å². The second-order valence-electron chi connectivity index (χ2n) is 3.76. The van der Waals surface area contributed by atoms with Crippen molar-refractivity contribution in [1.82, 2.24) is 10.3 Å². The zero-order valence-electron chi connectivity index (χ0n) is 10.7. The van der Waals surface area contributed by atoms with E-state index in [0.717, 1.165) is 6.42 Å². The van der Waals surface area contributed by atoms with Gasteiger partial charge in [0.15, 0.2) is 0 Å². The number of amides is 2. The summed E-state index contributed by atoms with van der Waals surface area (Å²) in [5, 5.41) is 5.21. The highest BCUT2D eigenvalue weighted by molar-refractivity contribution is 5.94. The molecular formula is C12H17N3O3. The highest BCUT2D eigenvalue weighted by Gasteiger charge is 2.11. The van der Waals surface area contributed by atoms with E-state index in [1.165, 1.54) is 19.4 Å². The van der Waals surface area contributed by atoms with Crippen molar-refractivity contribution in [2.75, 3.05) is 19.0 Å². The molecule has 0 unspecified atom stereocenters. The largest absolute Gasteiger partial charge is 0.465 e. The number of carbonyl (C=O) groups is 2. The molecule has 0 radical (unpaired) electrons. The minimum atomic E-state index is -0.452. The first-order valence-corrected chi connectivity index (χ1v) is 5.68. The van der Waals surface area contributed by atoms with Gasteiger partial charge in [-0.05, 0) is 25.0 Å². The van der Waals surface area contributed by atoms with Gasteiger partial charge in [0.25, 0.3) is 0 Å². The number of aromatic nitrogens is 1. The summed E-state index contributed by atoms with van der Waals surface area (Å²) in [5.41, 5.74) is 1.08. The van der Waals surface area contributed by atoms with Crippen molar-refractivity contribution >= 4 is 17.8 Å². The van der Waals surface area contributed by atoms with E-state index in [-0.39, 0.29) is 6.03 Å². The second-order valence-corrected chi connectivity index (χ2v) is 3.76. The highest BCUT2D eigenvalue weighted by atomic mass is 16.5. The molecule has 0 aliphatic rings. The molecule has 0 fully saturated rings. The van der Waals surface area contributed by atoms with Gasteiger partial charge in [0.1, 0.15) is 5.82 Å². The minimum Gasteiger partial charge on any atom is -0.465 e. The molecule has 2 amide bonds. The number of methoxy groups -OCH3 is 1. The predicted molar refractivity (Wildman–Crippen MR) is 67.6 cm³/mol. The van der Waals surface area contributed by atoms with Crippen LogP contribution in [0.25, 0.3) is 0 Å². The van der Waals surface area contributed by atoms with Gasteiger partial charge in [0.05, 0.1) is 12.7 Å². The van der Waals surface area contributed by atoms with Crippen molar-refractivity contribution in [3.8, 4) is 0 Å². The molecule has 1 heterocycles. The zero-order chi connectivity index (χ0) is 13.5. The predicted octanol–water partition coefficient (Wildman–Crippen LogP) is 1.71. The van der Waals surface area contributed by atoms with Gasteiger partial charge in [-0.15, -0.1) is 0 Å². The van der Waals surface area contributed by atoms with Crippen molar-refractivity contribution in [1.29, 1.82) is 0 Å². The molecule has 0 aliphatic carbocycles. The molecule has 6 heteroatoms. The monoisotopic (exact) mass is 251 g/mol. The Morgan fingerprint density at radius 2 is 2.17 bits per heavy atom. The van der Waals surface area contributed by atoms with E-state index in [2.05, 4.69) is 20.4 Å². The Morgan fingerprint density at radius 1 is 1.44 bits per heavy atom. The van der Waals surface area contributed by atoms with Gasteiger partial charge in [0, 0.05) is 12.7 Å². The summed E-state index contributed by atoms with van der Waals surface area (Å²) in [4.78, 5) is 26.9. The first kappa shape index (κ1) is 14.0. The Kier molecular flexibility index (Phi) is 5.10. The second kappa shape index (κ2) is 6.58. The van der Waals surface area contributed by atoms with E-state index in [9.17, 15) is 9.59 Å². The Morgan fingerprint density at radius 3 is 2.78 bits per heavy atom. The number of rotatable bonds is 4. The molecule has 6 nitrogen and oxygen atoms in total. The van der Waals surface area contributed by atoms with Gasteiger partial charge in [-0.25, -0.2) is 14.6 Å². The molecule has 1 aromatic heterocycles. The Labute approximate surface area is 106 Å². The maximum absolute atomic E-state index is 11.5. The van der Waals surface area contributed by atoms with Crippen LogP contribution in [0.2, 0.25) is 0 Å². The fraction of sp³-hybridized carbons (Fsp3) is 0.417. The van der Waals surface area contributed by atoms with Crippen LogP contribution in [0.4, 0.5) is 10.6 Å². The summed E-state index contributed by atoms with van der Waals surface area (Å²) in [6.07, 6.45) is 2.36. The highest BCUT2D eigenvalue weighted by Crippen LogP contribution is 2.13. The van der Waals surface area contributed by atoms with Gasteiger partial charge < -0.3 is 10.1 Å². The molecule has 0 atom stereocenters. The van der Waals surface area contributed by atoms with Crippen LogP contribution in [-0.4, -0.2) is 30.6 Å². The Hall–Kier alpha value is -2.11. The summed E-state index contributed by atoms with van der Waals surface area (Å²) in [6, 6.07) is 1.15. The maximum Gasteiger partial charge on any atom is 0.338 e. The summed E-state index contributed by atoms with van der Waals surface area (Å²) in [7, 11) is 1.31. The van der Waals surface area contributed by atoms with E-state index in [1.807, 2.05) is 6.92 Å². The third-order valence-electron chi connectivity index (χ3n) is 2.29. The number of anilines is 1. The number of aryl methyl sites for hydroxylation is 1. The molecule has 98 valence electrons. The number of hydrogen-bond donors (Lipinski definition) is 2.